The lowest BCUT2D eigenvalue weighted by molar-refractivity contribution is -0.0313. The molecule has 5 nitrogen and oxygen atoms in total. The smallest absolute Gasteiger partial charge is 0.167 e. The number of β-amino-alcohol motifs (C(OH)–C–C–N with tert-alkyl or cyclic N) is 1. The van der Waals surface area contributed by atoms with Gasteiger partial charge in [-0.3, -0.25) is 0 Å². The highest BCUT2D eigenvalue weighted by Gasteiger charge is 2.33. The Kier molecular flexibility index (Phi) is 5.16. The minimum Gasteiger partial charge on any atom is -0.389 e. The Bertz CT molecular complexity index is 624. The zero-order chi connectivity index (χ0) is 16.3. The van der Waals surface area contributed by atoms with Crippen molar-refractivity contribution in [1.29, 1.82) is 0 Å². The minimum absolute atomic E-state index is 0.460. The number of likely N-dealkylation sites (tertiary alicyclic amines) is 1. The molecule has 0 spiro atoms. The van der Waals surface area contributed by atoms with E-state index in [0.717, 1.165) is 18.7 Å². The Morgan fingerprint density at radius 3 is 2.57 bits per heavy atom. The monoisotopic (exact) mass is 380 g/mol. The number of halogens is 1. The molecule has 2 heterocycles. The zero-order valence-corrected chi connectivity index (χ0v) is 14.4. The number of piperidine rings is 1. The van der Waals surface area contributed by atoms with Gasteiger partial charge in [0.2, 0.25) is 0 Å². The van der Waals surface area contributed by atoms with Crippen LogP contribution in [-0.4, -0.2) is 45.5 Å². The van der Waals surface area contributed by atoms with Crippen molar-refractivity contribution < 1.29 is 14.7 Å². The van der Waals surface area contributed by atoms with Crippen LogP contribution >= 0.6 is 15.9 Å². The summed E-state index contributed by atoms with van der Waals surface area (Å²) < 4.78 is 5.65. The van der Waals surface area contributed by atoms with Crippen LogP contribution in [-0.2, 0) is 6.42 Å². The standard InChI is InChI=1S/C17H21BrN2O3/c18-16-10-15(23-19-16)14(21)12-20-8-6-17(22,7-9-20)11-13-4-2-1-3-5-13/h1-5,10,14,21-22H,6-9,11-12H2. The fraction of sp³-hybridized carbons (Fsp3) is 0.471. The van der Waals surface area contributed by atoms with Gasteiger partial charge in [-0.15, -0.1) is 0 Å². The van der Waals surface area contributed by atoms with Gasteiger partial charge in [0.05, 0.1) is 5.60 Å². The fourth-order valence-electron chi connectivity index (χ4n) is 3.06. The Morgan fingerprint density at radius 1 is 1.26 bits per heavy atom. The van der Waals surface area contributed by atoms with Crippen LogP contribution in [0.3, 0.4) is 0 Å². The third kappa shape index (κ3) is 4.41. The van der Waals surface area contributed by atoms with Crippen molar-refractivity contribution in [2.45, 2.75) is 31.0 Å². The summed E-state index contributed by atoms with van der Waals surface area (Å²) in [7, 11) is 0. The second-order valence-electron chi connectivity index (χ2n) is 6.26. The highest BCUT2D eigenvalue weighted by atomic mass is 79.9. The van der Waals surface area contributed by atoms with Crippen LogP contribution < -0.4 is 0 Å². The SMILES string of the molecule is OC(CN1CCC(O)(Cc2ccccc2)CC1)c1cc(Br)no1. The second-order valence-corrected chi connectivity index (χ2v) is 7.07. The Morgan fingerprint density at radius 2 is 1.96 bits per heavy atom. The molecule has 6 heteroatoms. The number of benzene rings is 1. The first-order valence-electron chi connectivity index (χ1n) is 7.83. The average Bonchev–Trinajstić information content (AvgIpc) is 2.97. The van der Waals surface area contributed by atoms with Crippen molar-refractivity contribution in [2.24, 2.45) is 0 Å². The second kappa shape index (κ2) is 7.13. The maximum absolute atomic E-state index is 10.8. The third-order valence-corrected chi connectivity index (χ3v) is 4.80. The molecule has 0 bridgehead atoms. The Labute approximate surface area is 144 Å². The maximum atomic E-state index is 10.8. The summed E-state index contributed by atoms with van der Waals surface area (Å²) in [5.41, 5.74) is 0.507. The molecule has 0 amide bonds. The van der Waals surface area contributed by atoms with E-state index in [-0.39, 0.29) is 0 Å². The van der Waals surface area contributed by atoms with Gasteiger partial charge in [0.25, 0.3) is 0 Å². The molecule has 124 valence electrons. The summed E-state index contributed by atoms with van der Waals surface area (Å²) in [6.07, 6.45) is 1.39. The molecule has 1 aliphatic heterocycles. The van der Waals surface area contributed by atoms with E-state index in [1.807, 2.05) is 18.2 Å². The van der Waals surface area contributed by atoms with E-state index in [1.54, 1.807) is 6.07 Å². The summed E-state index contributed by atoms with van der Waals surface area (Å²) >= 11 is 3.21. The summed E-state index contributed by atoms with van der Waals surface area (Å²) in [6, 6.07) is 11.8. The van der Waals surface area contributed by atoms with Crippen LogP contribution in [0.2, 0.25) is 0 Å². The Hall–Kier alpha value is -1.21. The number of aliphatic hydroxyl groups is 2. The van der Waals surface area contributed by atoms with Crippen molar-refractivity contribution in [3.05, 3.63) is 52.3 Å². The lowest BCUT2D eigenvalue weighted by Gasteiger charge is -2.38. The van der Waals surface area contributed by atoms with Crippen LogP contribution in [0.15, 0.2) is 45.5 Å². The van der Waals surface area contributed by atoms with Crippen LogP contribution in [0, 0.1) is 0 Å². The van der Waals surface area contributed by atoms with E-state index in [4.69, 9.17) is 4.52 Å². The molecule has 0 saturated carbocycles. The van der Waals surface area contributed by atoms with E-state index < -0.39 is 11.7 Å². The fourth-order valence-corrected chi connectivity index (χ4v) is 3.36. The lowest BCUT2D eigenvalue weighted by atomic mass is 9.85. The quantitative estimate of drug-likeness (QED) is 0.833. The number of rotatable bonds is 5. The number of aromatic nitrogens is 1. The summed E-state index contributed by atoms with van der Waals surface area (Å²) in [5.74, 6) is 0.460. The van der Waals surface area contributed by atoms with Crippen LogP contribution in [0.1, 0.15) is 30.3 Å². The largest absolute Gasteiger partial charge is 0.389 e. The molecule has 1 aliphatic rings. The first kappa shape index (κ1) is 16.6. The highest BCUT2D eigenvalue weighted by molar-refractivity contribution is 9.10. The van der Waals surface area contributed by atoms with Gasteiger partial charge in [-0.1, -0.05) is 35.5 Å². The van der Waals surface area contributed by atoms with E-state index in [0.29, 0.717) is 36.2 Å². The summed E-state index contributed by atoms with van der Waals surface area (Å²) in [5, 5.41) is 24.7. The molecule has 3 rings (SSSR count). The Balaban J connectivity index is 1.51. The molecule has 1 unspecified atom stereocenters. The molecule has 0 aliphatic carbocycles. The van der Waals surface area contributed by atoms with Crippen LogP contribution in [0.5, 0.6) is 0 Å². The average molecular weight is 381 g/mol. The van der Waals surface area contributed by atoms with E-state index in [1.165, 1.54) is 0 Å². The van der Waals surface area contributed by atoms with Gasteiger partial charge in [-0.2, -0.15) is 0 Å². The maximum Gasteiger partial charge on any atom is 0.167 e. The van der Waals surface area contributed by atoms with Gasteiger partial charge in [0.15, 0.2) is 5.76 Å². The molecule has 1 saturated heterocycles. The molecule has 2 N–H and O–H groups in total. The van der Waals surface area contributed by atoms with Crippen LogP contribution in [0.4, 0.5) is 0 Å². The molecule has 1 fully saturated rings. The van der Waals surface area contributed by atoms with Gasteiger partial charge < -0.3 is 19.6 Å². The number of hydrogen-bond donors (Lipinski definition) is 2. The van der Waals surface area contributed by atoms with Crippen molar-refractivity contribution in [1.82, 2.24) is 10.1 Å². The molecule has 0 radical (unpaired) electrons. The number of hydrogen-bond acceptors (Lipinski definition) is 5. The molecule has 1 aromatic heterocycles. The van der Waals surface area contributed by atoms with Gasteiger partial charge in [-0.25, -0.2) is 0 Å². The minimum atomic E-state index is -0.700. The van der Waals surface area contributed by atoms with Gasteiger partial charge in [-0.05, 0) is 34.3 Å². The van der Waals surface area contributed by atoms with Crippen molar-refractivity contribution in [3.8, 4) is 0 Å². The van der Waals surface area contributed by atoms with Gasteiger partial charge in [0.1, 0.15) is 10.7 Å². The van der Waals surface area contributed by atoms with Crippen molar-refractivity contribution in [2.75, 3.05) is 19.6 Å². The molecule has 2 aromatic rings. The van der Waals surface area contributed by atoms with E-state index >= 15 is 0 Å². The third-order valence-electron chi connectivity index (χ3n) is 4.42. The zero-order valence-electron chi connectivity index (χ0n) is 12.9. The molecular formula is C17H21BrN2O3. The van der Waals surface area contributed by atoms with Gasteiger partial charge in [0, 0.05) is 32.1 Å². The van der Waals surface area contributed by atoms with Crippen molar-refractivity contribution >= 4 is 15.9 Å². The van der Waals surface area contributed by atoms with Crippen molar-refractivity contribution in [3.63, 3.8) is 0 Å². The molecular weight excluding hydrogens is 360 g/mol. The van der Waals surface area contributed by atoms with Crippen LogP contribution in [0.25, 0.3) is 0 Å². The first-order valence-corrected chi connectivity index (χ1v) is 8.62. The van der Waals surface area contributed by atoms with Gasteiger partial charge >= 0.3 is 0 Å². The normalized spacial score (nSPS) is 19.6. The van der Waals surface area contributed by atoms with E-state index in [2.05, 4.69) is 38.1 Å². The predicted molar refractivity (Wildman–Crippen MR) is 89.9 cm³/mol. The number of nitrogens with zero attached hydrogens (tertiary/aromatic N) is 2. The molecule has 23 heavy (non-hydrogen) atoms. The summed E-state index contributed by atoms with van der Waals surface area (Å²) in [6.45, 7) is 2.01. The lowest BCUT2D eigenvalue weighted by Crippen LogP contribution is -2.46. The molecule has 1 atom stereocenters. The van der Waals surface area contributed by atoms with E-state index in [9.17, 15) is 10.2 Å². The molecule has 1 aromatic carbocycles. The highest BCUT2D eigenvalue weighted by Crippen LogP contribution is 2.28. The first-order chi connectivity index (χ1) is 11.0. The number of aliphatic hydroxyl groups excluding tert-OH is 1. The summed E-state index contributed by atoms with van der Waals surface area (Å²) in [4.78, 5) is 2.15. The predicted octanol–water partition coefficient (Wildman–Crippen LogP) is 2.54. The topological polar surface area (TPSA) is 69.7 Å².